The van der Waals surface area contributed by atoms with E-state index in [1.54, 1.807) is 0 Å². The summed E-state index contributed by atoms with van der Waals surface area (Å²) >= 11 is 0. The summed E-state index contributed by atoms with van der Waals surface area (Å²) in [6.07, 6.45) is -0.686. The van der Waals surface area contributed by atoms with Gasteiger partial charge in [0.05, 0.1) is 11.6 Å². The third kappa shape index (κ3) is 3.46. The Labute approximate surface area is 108 Å². The van der Waals surface area contributed by atoms with Crippen molar-refractivity contribution < 1.29 is 9.53 Å². The Morgan fingerprint density at radius 2 is 1.78 bits per heavy atom. The molecule has 0 aliphatic heterocycles. The summed E-state index contributed by atoms with van der Waals surface area (Å²) in [5, 5.41) is 8.88. The molecule has 3 nitrogen and oxygen atoms in total. The Morgan fingerprint density at radius 1 is 1.28 bits per heavy atom. The van der Waals surface area contributed by atoms with Gasteiger partial charge in [-0.2, -0.15) is 5.26 Å². The summed E-state index contributed by atoms with van der Waals surface area (Å²) in [6, 6.07) is 9.61. The number of nitriles is 1. The van der Waals surface area contributed by atoms with Crippen molar-refractivity contribution >= 4 is 5.97 Å². The van der Waals surface area contributed by atoms with Crippen molar-refractivity contribution in [2.45, 2.75) is 32.8 Å². The molecule has 1 atom stereocenters. The first-order valence-corrected chi connectivity index (χ1v) is 5.81. The highest BCUT2D eigenvalue weighted by atomic mass is 16.5. The summed E-state index contributed by atoms with van der Waals surface area (Å²) in [7, 11) is 0. The molecule has 0 saturated heterocycles. The molecule has 0 bridgehead atoms. The number of benzene rings is 1. The van der Waals surface area contributed by atoms with E-state index in [4.69, 9.17) is 10.00 Å². The summed E-state index contributed by atoms with van der Waals surface area (Å²) in [4.78, 5) is 11.1. The van der Waals surface area contributed by atoms with Crippen molar-refractivity contribution in [3.05, 3.63) is 47.5 Å². The third-order valence-electron chi connectivity index (χ3n) is 2.65. The lowest BCUT2D eigenvalue weighted by Gasteiger charge is -2.16. The predicted molar refractivity (Wildman–Crippen MR) is 69.8 cm³/mol. The van der Waals surface area contributed by atoms with E-state index in [0.29, 0.717) is 5.92 Å². The molecule has 3 heteroatoms. The minimum absolute atomic E-state index is 0.225. The van der Waals surface area contributed by atoms with Crippen LogP contribution in [0, 0.1) is 11.3 Å². The van der Waals surface area contributed by atoms with Crippen LogP contribution in [-0.4, -0.2) is 5.97 Å². The number of esters is 1. The van der Waals surface area contributed by atoms with Gasteiger partial charge in [-0.05, 0) is 17.0 Å². The van der Waals surface area contributed by atoms with Crippen molar-refractivity contribution in [3.8, 4) is 6.07 Å². The smallest absolute Gasteiger partial charge is 0.303 e. The van der Waals surface area contributed by atoms with Crippen LogP contribution >= 0.6 is 0 Å². The van der Waals surface area contributed by atoms with Crippen LogP contribution < -0.4 is 0 Å². The van der Waals surface area contributed by atoms with Gasteiger partial charge in [0.25, 0.3) is 0 Å². The minimum atomic E-state index is -0.686. The first-order chi connectivity index (χ1) is 8.45. The molecule has 1 rings (SSSR count). The van der Waals surface area contributed by atoms with Crippen molar-refractivity contribution in [1.29, 1.82) is 5.26 Å². The van der Waals surface area contributed by atoms with Crippen LogP contribution in [-0.2, 0) is 9.53 Å². The fourth-order valence-electron chi connectivity index (χ4n) is 1.62. The number of carbonyl (C=O) groups is 1. The molecule has 0 spiro atoms. The molecule has 0 saturated carbocycles. The number of rotatable bonds is 4. The van der Waals surface area contributed by atoms with E-state index in [1.165, 1.54) is 12.5 Å². The van der Waals surface area contributed by atoms with Crippen LogP contribution in [0.4, 0.5) is 0 Å². The van der Waals surface area contributed by atoms with Crippen LogP contribution in [0.15, 0.2) is 36.4 Å². The molecular formula is C15H17NO2. The summed E-state index contributed by atoms with van der Waals surface area (Å²) in [6.45, 7) is 9.15. The highest BCUT2D eigenvalue weighted by Gasteiger charge is 2.18. The molecule has 94 valence electrons. The Morgan fingerprint density at radius 3 is 2.17 bits per heavy atom. The van der Waals surface area contributed by atoms with E-state index in [2.05, 4.69) is 20.4 Å². The Kier molecular flexibility index (Phi) is 4.67. The van der Waals surface area contributed by atoms with E-state index in [-0.39, 0.29) is 5.57 Å². The normalized spacial score (nSPS) is 11.7. The fraction of sp³-hybridized carbons (Fsp3) is 0.333. The van der Waals surface area contributed by atoms with Crippen LogP contribution in [0.25, 0.3) is 0 Å². The molecule has 1 aromatic carbocycles. The second-order valence-corrected chi connectivity index (χ2v) is 4.45. The van der Waals surface area contributed by atoms with Gasteiger partial charge in [-0.15, -0.1) is 0 Å². The lowest BCUT2D eigenvalue weighted by Crippen LogP contribution is -2.10. The average molecular weight is 243 g/mol. The second kappa shape index (κ2) is 6.02. The second-order valence-electron chi connectivity index (χ2n) is 4.45. The zero-order valence-electron chi connectivity index (χ0n) is 10.9. The number of ether oxygens (including phenoxy) is 1. The van der Waals surface area contributed by atoms with Crippen LogP contribution in [0.1, 0.15) is 43.9 Å². The molecule has 0 aromatic heterocycles. The first kappa shape index (κ1) is 14.0. The maximum atomic E-state index is 11.1. The van der Waals surface area contributed by atoms with Gasteiger partial charge in [-0.3, -0.25) is 4.79 Å². The van der Waals surface area contributed by atoms with Crippen molar-refractivity contribution in [1.82, 2.24) is 0 Å². The van der Waals surface area contributed by atoms with Crippen LogP contribution in [0.3, 0.4) is 0 Å². The maximum absolute atomic E-state index is 11.1. The molecule has 18 heavy (non-hydrogen) atoms. The zero-order valence-corrected chi connectivity index (χ0v) is 10.9. The number of carbonyl (C=O) groups excluding carboxylic acids is 1. The SMILES string of the molecule is C=C(C#N)C(OC(C)=O)c1ccc(C(C)C)cc1. The lowest BCUT2D eigenvalue weighted by molar-refractivity contribution is -0.144. The average Bonchev–Trinajstić information content (AvgIpc) is 2.35. The molecule has 0 aliphatic carbocycles. The van der Waals surface area contributed by atoms with Gasteiger partial charge in [-0.25, -0.2) is 0 Å². The molecular weight excluding hydrogens is 226 g/mol. The fourth-order valence-corrected chi connectivity index (χ4v) is 1.62. The molecule has 1 aromatic rings. The predicted octanol–water partition coefficient (Wildman–Crippen LogP) is 3.49. The van der Waals surface area contributed by atoms with Gasteiger partial charge in [0.15, 0.2) is 6.10 Å². The zero-order chi connectivity index (χ0) is 13.7. The Balaban J connectivity index is 3.02. The Hall–Kier alpha value is -2.08. The third-order valence-corrected chi connectivity index (χ3v) is 2.65. The highest BCUT2D eigenvalue weighted by Crippen LogP contribution is 2.26. The molecule has 1 unspecified atom stereocenters. The molecule has 0 fully saturated rings. The van der Waals surface area contributed by atoms with Crippen molar-refractivity contribution in [2.24, 2.45) is 0 Å². The molecule has 0 heterocycles. The van der Waals surface area contributed by atoms with E-state index < -0.39 is 12.1 Å². The largest absolute Gasteiger partial charge is 0.452 e. The quantitative estimate of drug-likeness (QED) is 0.600. The lowest BCUT2D eigenvalue weighted by atomic mass is 9.98. The monoisotopic (exact) mass is 243 g/mol. The van der Waals surface area contributed by atoms with E-state index in [0.717, 1.165) is 5.56 Å². The van der Waals surface area contributed by atoms with E-state index in [9.17, 15) is 4.79 Å². The van der Waals surface area contributed by atoms with Crippen LogP contribution in [0.2, 0.25) is 0 Å². The Bertz CT molecular complexity index is 480. The molecule has 0 N–H and O–H groups in total. The molecule has 0 radical (unpaired) electrons. The standard InChI is InChI=1S/C15H17NO2/c1-10(2)13-5-7-14(8-6-13)15(11(3)9-16)18-12(4)17/h5-8,10,15H,3H2,1-2,4H3. The summed E-state index contributed by atoms with van der Waals surface area (Å²) < 4.78 is 5.13. The number of hydrogen-bond acceptors (Lipinski definition) is 3. The minimum Gasteiger partial charge on any atom is -0.452 e. The summed E-state index contributed by atoms with van der Waals surface area (Å²) in [5.74, 6) is 0.00901. The van der Waals surface area contributed by atoms with Crippen molar-refractivity contribution in [3.63, 3.8) is 0 Å². The van der Waals surface area contributed by atoms with Gasteiger partial charge in [0, 0.05) is 6.92 Å². The van der Waals surface area contributed by atoms with Gasteiger partial charge >= 0.3 is 5.97 Å². The maximum Gasteiger partial charge on any atom is 0.303 e. The van der Waals surface area contributed by atoms with E-state index in [1.807, 2.05) is 30.3 Å². The van der Waals surface area contributed by atoms with E-state index >= 15 is 0 Å². The molecule has 0 amide bonds. The first-order valence-electron chi connectivity index (χ1n) is 5.81. The highest BCUT2D eigenvalue weighted by molar-refractivity contribution is 5.67. The number of hydrogen-bond donors (Lipinski definition) is 0. The van der Waals surface area contributed by atoms with Crippen molar-refractivity contribution in [2.75, 3.05) is 0 Å². The van der Waals surface area contributed by atoms with Crippen LogP contribution in [0.5, 0.6) is 0 Å². The summed E-state index contributed by atoms with van der Waals surface area (Å²) in [5.41, 5.74) is 2.19. The topological polar surface area (TPSA) is 50.1 Å². The molecule has 0 aliphatic rings. The number of nitrogens with zero attached hydrogens (tertiary/aromatic N) is 1. The van der Waals surface area contributed by atoms with Gasteiger partial charge < -0.3 is 4.74 Å². The van der Waals surface area contributed by atoms with Gasteiger partial charge in [0.1, 0.15) is 0 Å². The van der Waals surface area contributed by atoms with Gasteiger partial charge in [0.2, 0.25) is 0 Å². The van der Waals surface area contributed by atoms with Gasteiger partial charge in [-0.1, -0.05) is 44.7 Å².